The Bertz CT molecular complexity index is 292. The Morgan fingerprint density at radius 1 is 1.18 bits per heavy atom. The summed E-state index contributed by atoms with van der Waals surface area (Å²) >= 11 is 0. The topological polar surface area (TPSA) is 9.23 Å². The summed E-state index contributed by atoms with van der Waals surface area (Å²) in [6.45, 7) is 6.77. The molecule has 0 heterocycles. The van der Waals surface area contributed by atoms with Crippen molar-refractivity contribution in [2.75, 3.05) is 0 Å². The molecule has 0 amide bonds. The predicted molar refractivity (Wildman–Crippen MR) is 74.0 cm³/mol. The number of benzene rings is 1. The second-order valence-corrected chi connectivity index (χ2v) is 4.42. The van der Waals surface area contributed by atoms with Gasteiger partial charge in [0.2, 0.25) is 0 Å². The zero-order chi connectivity index (χ0) is 12.3. The molecule has 1 aromatic carbocycles. The Morgan fingerprint density at radius 2 is 1.94 bits per heavy atom. The van der Waals surface area contributed by atoms with Crippen LogP contribution in [0.25, 0.3) is 0 Å². The predicted octanol–water partition coefficient (Wildman–Crippen LogP) is 4.73. The third-order valence-electron chi connectivity index (χ3n) is 2.91. The molecule has 1 atom stereocenters. The quantitative estimate of drug-likeness (QED) is 0.442. The van der Waals surface area contributed by atoms with Gasteiger partial charge in [0.05, 0.1) is 12.7 Å². The molecule has 94 valence electrons. The number of rotatable bonds is 9. The van der Waals surface area contributed by atoms with Crippen molar-refractivity contribution < 1.29 is 4.74 Å². The molecule has 0 aliphatic rings. The van der Waals surface area contributed by atoms with Crippen molar-refractivity contribution in [1.29, 1.82) is 0 Å². The molecule has 1 heteroatoms. The van der Waals surface area contributed by atoms with Crippen LogP contribution in [-0.4, -0.2) is 6.10 Å². The first-order valence-electron chi connectivity index (χ1n) is 6.65. The lowest BCUT2D eigenvalue weighted by molar-refractivity contribution is 0.0649. The molecule has 1 unspecified atom stereocenters. The fourth-order valence-corrected chi connectivity index (χ4v) is 1.82. The number of hydrogen-bond donors (Lipinski definition) is 0. The van der Waals surface area contributed by atoms with Gasteiger partial charge in [0, 0.05) is 0 Å². The standard InChI is InChI=1S/C16H24O/c1-3-5-6-10-13-16(4-2)17-14-15-11-8-7-9-12-15/h4,7-9,11-12,16H,2-3,5-6,10,13-14H2,1H3. The van der Waals surface area contributed by atoms with Crippen molar-refractivity contribution >= 4 is 0 Å². The molecule has 1 rings (SSSR count). The highest BCUT2D eigenvalue weighted by Gasteiger charge is 2.04. The van der Waals surface area contributed by atoms with E-state index >= 15 is 0 Å². The minimum atomic E-state index is 0.201. The maximum Gasteiger partial charge on any atom is 0.0757 e. The molecule has 0 spiro atoms. The van der Waals surface area contributed by atoms with Crippen LogP contribution < -0.4 is 0 Å². The molecule has 1 aromatic rings. The molecule has 0 saturated heterocycles. The van der Waals surface area contributed by atoms with E-state index in [1.165, 1.54) is 31.2 Å². The van der Waals surface area contributed by atoms with Gasteiger partial charge in [-0.3, -0.25) is 0 Å². The summed E-state index contributed by atoms with van der Waals surface area (Å²) in [7, 11) is 0. The molecule has 0 N–H and O–H groups in total. The van der Waals surface area contributed by atoms with Gasteiger partial charge in [-0.05, 0) is 12.0 Å². The Labute approximate surface area is 106 Å². The average molecular weight is 232 g/mol. The number of hydrogen-bond acceptors (Lipinski definition) is 1. The molecule has 17 heavy (non-hydrogen) atoms. The highest BCUT2D eigenvalue weighted by molar-refractivity contribution is 5.13. The van der Waals surface area contributed by atoms with Gasteiger partial charge in [-0.2, -0.15) is 0 Å². The van der Waals surface area contributed by atoms with Crippen LogP contribution in [0.3, 0.4) is 0 Å². The van der Waals surface area contributed by atoms with Crippen LogP contribution in [-0.2, 0) is 11.3 Å². The molecule has 0 saturated carbocycles. The van der Waals surface area contributed by atoms with Crippen LogP contribution in [0.5, 0.6) is 0 Å². The van der Waals surface area contributed by atoms with Crippen molar-refractivity contribution in [3.8, 4) is 0 Å². The third-order valence-corrected chi connectivity index (χ3v) is 2.91. The number of ether oxygens (including phenoxy) is 1. The van der Waals surface area contributed by atoms with Gasteiger partial charge in [0.15, 0.2) is 0 Å². The molecule has 0 bridgehead atoms. The minimum absolute atomic E-state index is 0.201. The van der Waals surface area contributed by atoms with E-state index in [4.69, 9.17) is 4.74 Å². The molecule has 0 aliphatic heterocycles. The van der Waals surface area contributed by atoms with Crippen LogP contribution >= 0.6 is 0 Å². The normalized spacial score (nSPS) is 12.3. The first-order chi connectivity index (χ1) is 8.36. The van der Waals surface area contributed by atoms with E-state index in [1.807, 2.05) is 24.3 Å². The lowest BCUT2D eigenvalue weighted by Crippen LogP contribution is -2.09. The molecular weight excluding hydrogens is 208 g/mol. The Hall–Kier alpha value is -1.08. The van der Waals surface area contributed by atoms with Gasteiger partial charge >= 0.3 is 0 Å². The fourth-order valence-electron chi connectivity index (χ4n) is 1.82. The Balaban J connectivity index is 2.20. The van der Waals surface area contributed by atoms with Crippen molar-refractivity contribution in [1.82, 2.24) is 0 Å². The summed E-state index contributed by atoms with van der Waals surface area (Å²) in [6, 6.07) is 10.3. The highest BCUT2D eigenvalue weighted by atomic mass is 16.5. The monoisotopic (exact) mass is 232 g/mol. The van der Waals surface area contributed by atoms with Crippen molar-refractivity contribution in [2.24, 2.45) is 0 Å². The van der Waals surface area contributed by atoms with Gasteiger partial charge in [-0.25, -0.2) is 0 Å². The molecule has 0 aliphatic carbocycles. The van der Waals surface area contributed by atoms with Gasteiger partial charge in [0.25, 0.3) is 0 Å². The van der Waals surface area contributed by atoms with E-state index in [2.05, 4.69) is 25.6 Å². The van der Waals surface area contributed by atoms with Crippen LogP contribution in [0.2, 0.25) is 0 Å². The Kier molecular flexibility index (Phi) is 7.40. The van der Waals surface area contributed by atoms with E-state index < -0.39 is 0 Å². The smallest absolute Gasteiger partial charge is 0.0757 e. The lowest BCUT2D eigenvalue weighted by Gasteiger charge is -2.13. The summed E-state index contributed by atoms with van der Waals surface area (Å²) in [4.78, 5) is 0. The first-order valence-corrected chi connectivity index (χ1v) is 6.65. The van der Waals surface area contributed by atoms with Crippen LogP contribution in [0.15, 0.2) is 43.0 Å². The molecule has 0 radical (unpaired) electrons. The molecule has 0 aromatic heterocycles. The van der Waals surface area contributed by atoms with Crippen molar-refractivity contribution in [3.63, 3.8) is 0 Å². The second kappa shape index (κ2) is 9.00. The largest absolute Gasteiger partial charge is 0.369 e. The maximum atomic E-state index is 5.84. The summed E-state index contributed by atoms with van der Waals surface area (Å²) in [5.74, 6) is 0. The fraction of sp³-hybridized carbons (Fsp3) is 0.500. The summed E-state index contributed by atoms with van der Waals surface area (Å²) in [5, 5.41) is 0. The first kappa shape index (κ1) is 14.0. The maximum absolute atomic E-state index is 5.84. The minimum Gasteiger partial charge on any atom is -0.369 e. The zero-order valence-corrected chi connectivity index (χ0v) is 10.9. The average Bonchev–Trinajstić information content (AvgIpc) is 2.39. The molecular formula is C16H24O. The SMILES string of the molecule is C=CC(CCCCCC)OCc1ccccc1. The zero-order valence-electron chi connectivity index (χ0n) is 10.9. The Morgan fingerprint density at radius 3 is 2.59 bits per heavy atom. The van der Waals surface area contributed by atoms with Crippen LogP contribution in [0.1, 0.15) is 44.6 Å². The van der Waals surface area contributed by atoms with Gasteiger partial charge in [-0.1, -0.05) is 69.0 Å². The van der Waals surface area contributed by atoms with E-state index in [0.29, 0.717) is 6.61 Å². The van der Waals surface area contributed by atoms with E-state index in [1.54, 1.807) is 0 Å². The highest BCUT2D eigenvalue weighted by Crippen LogP contribution is 2.11. The van der Waals surface area contributed by atoms with E-state index in [-0.39, 0.29) is 6.10 Å². The summed E-state index contributed by atoms with van der Waals surface area (Å²) < 4.78 is 5.84. The molecule has 1 nitrogen and oxygen atoms in total. The van der Waals surface area contributed by atoms with Crippen molar-refractivity contribution in [3.05, 3.63) is 48.6 Å². The second-order valence-electron chi connectivity index (χ2n) is 4.42. The van der Waals surface area contributed by atoms with Gasteiger partial charge in [-0.15, -0.1) is 6.58 Å². The molecule has 0 fully saturated rings. The van der Waals surface area contributed by atoms with Crippen LogP contribution in [0, 0.1) is 0 Å². The summed E-state index contributed by atoms with van der Waals surface area (Å²) in [5.41, 5.74) is 1.23. The summed E-state index contributed by atoms with van der Waals surface area (Å²) in [6.07, 6.45) is 8.36. The van der Waals surface area contributed by atoms with Gasteiger partial charge < -0.3 is 4.74 Å². The van der Waals surface area contributed by atoms with Gasteiger partial charge in [0.1, 0.15) is 0 Å². The van der Waals surface area contributed by atoms with Crippen molar-refractivity contribution in [2.45, 2.75) is 51.7 Å². The number of unbranched alkanes of at least 4 members (excludes halogenated alkanes) is 3. The van der Waals surface area contributed by atoms with E-state index in [0.717, 1.165) is 6.42 Å². The lowest BCUT2D eigenvalue weighted by atomic mass is 10.1. The third kappa shape index (κ3) is 6.28. The van der Waals surface area contributed by atoms with E-state index in [9.17, 15) is 0 Å². The van der Waals surface area contributed by atoms with Crippen LogP contribution in [0.4, 0.5) is 0 Å².